The molecule has 0 aromatic heterocycles. The van der Waals surface area contributed by atoms with Crippen molar-refractivity contribution >= 4 is 5.91 Å². The summed E-state index contributed by atoms with van der Waals surface area (Å²) >= 11 is 0. The molecule has 1 fully saturated rings. The van der Waals surface area contributed by atoms with Crippen molar-refractivity contribution in [3.05, 3.63) is 34.9 Å². The van der Waals surface area contributed by atoms with Gasteiger partial charge in [0.05, 0.1) is 5.56 Å². The lowest BCUT2D eigenvalue weighted by molar-refractivity contribution is 0.0781. The fourth-order valence-corrected chi connectivity index (χ4v) is 2.39. The van der Waals surface area contributed by atoms with Gasteiger partial charge in [0.2, 0.25) is 0 Å². The van der Waals surface area contributed by atoms with E-state index in [-0.39, 0.29) is 29.0 Å². The number of carbonyl (C=O) groups is 1. The quantitative estimate of drug-likeness (QED) is 0.892. The van der Waals surface area contributed by atoms with Crippen LogP contribution < -0.4 is 5.73 Å². The smallest absolute Gasteiger partial charge is 0.256 e. The van der Waals surface area contributed by atoms with Gasteiger partial charge in [-0.05, 0) is 37.8 Å². The molecular weight excluding hydrogens is 250 g/mol. The molecule has 0 aliphatic carbocycles. The summed E-state index contributed by atoms with van der Waals surface area (Å²) in [5.74, 6) is -1.58. The molecule has 0 radical (unpaired) electrons. The molecule has 1 aliphatic rings. The largest absolute Gasteiger partial charge is 0.338 e. The Hall–Kier alpha value is -1.49. The van der Waals surface area contributed by atoms with Crippen LogP contribution in [0.15, 0.2) is 12.1 Å². The van der Waals surface area contributed by atoms with Gasteiger partial charge in [-0.1, -0.05) is 0 Å². The molecule has 1 saturated heterocycles. The summed E-state index contributed by atoms with van der Waals surface area (Å²) in [6, 6.07) is 2.05. The number of nitrogens with zero attached hydrogens (tertiary/aromatic N) is 1. The molecule has 104 valence electrons. The Balaban J connectivity index is 2.19. The monoisotopic (exact) mass is 268 g/mol. The number of hydrogen-bond donors (Lipinski definition) is 1. The van der Waals surface area contributed by atoms with E-state index in [1.165, 1.54) is 13.0 Å². The van der Waals surface area contributed by atoms with Gasteiger partial charge in [0.25, 0.3) is 5.91 Å². The summed E-state index contributed by atoms with van der Waals surface area (Å²) in [5.41, 5.74) is 6.02. The zero-order chi connectivity index (χ0) is 14.2. The van der Waals surface area contributed by atoms with E-state index < -0.39 is 11.6 Å². The van der Waals surface area contributed by atoms with Crippen LogP contribution in [-0.2, 0) is 0 Å². The first-order chi connectivity index (χ1) is 8.90. The molecule has 1 aromatic rings. The second-order valence-electron chi connectivity index (χ2n) is 5.24. The maximum atomic E-state index is 13.7. The molecule has 1 aliphatic heterocycles. The lowest BCUT2D eigenvalue weighted by atomic mass is 10.0. The zero-order valence-corrected chi connectivity index (χ0v) is 11.1. The van der Waals surface area contributed by atoms with Crippen molar-refractivity contribution < 1.29 is 13.6 Å². The predicted molar refractivity (Wildman–Crippen MR) is 68.8 cm³/mol. The van der Waals surface area contributed by atoms with Crippen LogP contribution in [0, 0.1) is 24.5 Å². The summed E-state index contributed by atoms with van der Waals surface area (Å²) in [6.45, 7) is 4.52. The number of benzene rings is 1. The normalized spacial score (nSPS) is 20.7. The van der Waals surface area contributed by atoms with Crippen molar-refractivity contribution in [2.45, 2.75) is 26.3 Å². The molecule has 0 bridgehead atoms. The average Bonchev–Trinajstić information content (AvgIpc) is 2.82. The molecule has 2 unspecified atom stereocenters. The summed E-state index contributed by atoms with van der Waals surface area (Å²) in [7, 11) is 0. The molecule has 2 N–H and O–H groups in total. The maximum Gasteiger partial charge on any atom is 0.256 e. The number of nitrogens with two attached hydrogens (primary N) is 1. The highest BCUT2D eigenvalue weighted by Gasteiger charge is 2.30. The fourth-order valence-electron chi connectivity index (χ4n) is 2.39. The van der Waals surface area contributed by atoms with Crippen LogP contribution in [0.3, 0.4) is 0 Å². The third kappa shape index (κ3) is 2.76. The minimum absolute atomic E-state index is 0.0117. The minimum atomic E-state index is -0.808. The Kier molecular flexibility index (Phi) is 3.85. The summed E-state index contributed by atoms with van der Waals surface area (Å²) in [6.07, 6.45) is 0.825. The van der Waals surface area contributed by atoms with Crippen molar-refractivity contribution in [3.63, 3.8) is 0 Å². The zero-order valence-electron chi connectivity index (χ0n) is 11.1. The van der Waals surface area contributed by atoms with Crippen LogP contribution in [-0.4, -0.2) is 29.9 Å². The van der Waals surface area contributed by atoms with E-state index in [4.69, 9.17) is 5.73 Å². The van der Waals surface area contributed by atoms with Crippen molar-refractivity contribution in [1.82, 2.24) is 4.90 Å². The molecule has 19 heavy (non-hydrogen) atoms. The van der Waals surface area contributed by atoms with E-state index in [1.54, 1.807) is 4.90 Å². The van der Waals surface area contributed by atoms with E-state index in [1.807, 2.05) is 6.92 Å². The number of carbonyl (C=O) groups excluding carboxylic acids is 1. The van der Waals surface area contributed by atoms with Crippen LogP contribution in [0.2, 0.25) is 0 Å². The van der Waals surface area contributed by atoms with Gasteiger partial charge in [0.15, 0.2) is 0 Å². The van der Waals surface area contributed by atoms with Gasteiger partial charge in [-0.2, -0.15) is 0 Å². The second-order valence-corrected chi connectivity index (χ2v) is 5.24. The van der Waals surface area contributed by atoms with E-state index in [2.05, 4.69) is 0 Å². The molecule has 5 heteroatoms. The van der Waals surface area contributed by atoms with Crippen molar-refractivity contribution in [3.8, 4) is 0 Å². The number of likely N-dealkylation sites (tertiary alicyclic amines) is 1. The first kappa shape index (κ1) is 13.9. The maximum absolute atomic E-state index is 13.7. The SMILES string of the molecule is Cc1cc(C(=O)N2CCC(C(C)N)C2)c(F)cc1F. The van der Waals surface area contributed by atoms with Crippen molar-refractivity contribution in [2.24, 2.45) is 11.7 Å². The van der Waals surface area contributed by atoms with Gasteiger partial charge in [0.1, 0.15) is 11.6 Å². The van der Waals surface area contributed by atoms with Gasteiger partial charge in [-0.3, -0.25) is 4.79 Å². The Labute approximate surface area is 111 Å². The molecule has 3 nitrogen and oxygen atoms in total. The van der Waals surface area contributed by atoms with Crippen molar-refractivity contribution in [2.75, 3.05) is 13.1 Å². The number of hydrogen-bond acceptors (Lipinski definition) is 2. The van der Waals surface area contributed by atoms with Gasteiger partial charge < -0.3 is 10.6 Å². The van der Waals surface area contributed by atoms with Gasteiger partial charge in [-0.15, -0.1) is 0 Å². The molecule has 1 aromatic carbocycles. The van der Waals surface area contributed by atoms with Gasteiger partial charge >= 0.3 is 0 Å². The number of amides is 1. The molecule has 1 amide bonds. The first-order valence-electron chi connectivity index (χ1n) is 6.40. The summed E-state index contributed by atoms with van der Waals surface area (Å²) in [5, 5.41) is 0. The van der Waals surface area contributed by atoms with Crippen LogP contribution in [0.4, 0.5) is 8.78 Å². The summed E-state index contributed by atoms with van der Waals surface area (Å²) in [4.78, 5) is 13.8. The van der Waals surface area contributed by atoms with E-state index in [0.29, 0.717) is 13.1 Å². The van der Waals surface area contributed by atoms with Crippen molar-refractivity contribution in [1.29, 1.82) is 0 Å². The van der Waals surface area contributed by atoms with Gasteiger partial charge in [0, 0.05) is 25.2 Å². The highest BCUT2D eigenvalue weighted by Crippen LogP contribution is 2.23. The van der Waals surface area contributed by atoms with E-state index >= 15 is 0 Å². The molecular formula is C14H18F2N2O. The topological polar surface area (TPSA) is 46.3 Å². The molecule has 1 heterocycles. The number of rotatable bonds is 2. The predicted octanol–water partition coefficient (Wildman–Crippen LogP) is 2.08. The van der Waals surface area contributed by atoms with Crippen LogP contribution in [0.1, 0.15) is 29.3 Å². The third-order valence-electron chi connectivity index (χ3n) is 3.73. The Morgan fingerprint density at radius 2 is 2.11 bits per heavy atom. The minimum Gasteiger partial charge on any atom is -0.338 e. The number of aryl methyl sites for hydroxylation is 1. The highest BCUT2D eigenvalue weighted by atomic mass is 19.1. The van der Waals surface area contributed by atoms with E-state index in [9.17, 15) is 13.6 Å². The fraction of sp³-hybridized carbons (Fsp3) is 0.500. The van der Waals surface area contributed by atoms with Crippen LogP contribution >= 0.6 is 0 Å². The lowest BCUT2D eigenvalue weighted by Crippen LogP contribution is -2.33. The van der Waals surface area contributed by atoms with E-state index in [0.717, 1.165) is 12.5 Å². The van der Waals surface area contributed by atoms with Gasteiger partial charge in [-0.25, -0.2) is 8.78 Å². The molecule has 0 spiro atoms. The standard InChI is InChI=1S/C14H18F2N2O/c1-8-5-11(13(16)6-12(8)15)14(19)18-4-3-10(7-18)9(2)17/h5-6,9-10H,3-4,7,17H2,1-2H3. The Morgan fingerprint density at radius 1 is 1.42 bits per heavy atom. The molecule has 0 saturated carbocycles. The number of halogens is 2. The lowest BCUT2D eigenvalue weighted by Gasteiger charge is -2.18. The second kappa shape index (κ2) is 5.25. The highest BCUT2D eigenvalue weighted by molar-refractivity contribution is 5.94. The first-order valence-corrected chi connectivity index (χ1v) is 6.40. The van der Waals surface area contributed by atoms with Crippen LogP contribution in [0.25, 0.3) is 0 Å². The Bertz CT molecular complexity index is 502. The molecule has 2 rings (SSSR count). The average molecular weight is 268 g/mol. The van der Waals surface area contributed by atoms with Crippen LogP contribution in [0.5, 0.6) is 0 Å². The molecule has 2 atom stereocenters. The Morgan fingerprint density at radius 3 is 2.68 bits per heavy atom. The third-order valence-corrected chi connectivity index (χ3v) is 3.73. The summed E-state index contributed by atoms with van der Waals surface area (Å²) < 4.78 is 26.9.